The molecule has 8 heteroatoms. The number of carboxylic acids is 1. The van der Waals surface area contributed by atoms with Gasteiger partial charge in [-0.3, -0.25) is 4.79 Å². The Morgan fingerprint density at radius 3 is 2.72 bits per heavy atom. The van der Waals surface area contributed by atoms with E-state index in [1.54, 1.807) is 7.05 Å². The first kappa shape index (κ1) is 17.3. The van der Waals surface area contributed by atoms with Crippen LogP contribution in [-0.2, 0) is 7.05 Å². The van der Waals surface area contributed by atoms with E-state index in [1.807, 2.05) is 0 Å². The summed E-state index contributed by atoms with van der Waals surface area (Å²) in [7, 11) is 1.58. The van der Waals surface area contributed by atoms with E-state index in [0.29, 0.717) is 12.5 Å². The Morgan fingerprint density at radius 1 is 1.44 bits per heavy atom. The molecule has 2 heterocycles. The van der Waals surface area contributed by atoms with Crippen LogP contribution in [0.1, 0.15) is 36.0 Å². The Bertz CT molecular complexity index is 872. The lowest BCUT2D eigenvalue weighted by atomic mass is 9.86. The molecule has 0 amide bonds. The normalized spacial score (nSPS) is 20.6. The van der Waals surface area contributed by atoms with Crippen LogP contribution in [0.2, 0.25) is 0 Å². The topological polar surface area (TPSA) is 110 Å². The lowest BCUT2D eigenvalue weighted by molar-refractivity contribution is 0.0695. The highest BCUT2D eigenvalue weighted by molar-refractivity contribution is 5.92. The molecule has 1 saturated carbocycles. The number of hydrogen-bond donors (Lipinski definition) is 3. The lowest BCUT2D eigenvalue weighted by Crippen LogP contribution is -2.30. The van der Waals surface area contributed by atoms with Crippen molar-refractivity contribution in [3.05, 3.63) is 33.9 Å². The summed E-state index contributed by atoms with van der Waals surface area (Å²) in [5.74, 6) is -1.40. The number of hydrogen-bond acceptors (Lipinski definition) is 5. The Kier molecular flexibility index (Phi) is 4.71. The van der Waals surface area contributed by atoms with Crippen molar-refractivity contribution in [1.82, 2.24) is 9.55 Å². The Morgan fingerprint density at radius 2 is 2.12 bits per heavy atom. The van der Waals surface area contributed by atoms with Gasteiger partial charge in [-0.25, -0.2) is 14.2 Å². The third kappa shape index (κ3) is 3.34. The van der Waals surface area contributed by atoms with Crippen molar-refractivity contribution in [1.29, 1.82) is 0 Å². The number of nitrogens with one attached hydrogen (secondary N) is 1. The fourth-order valence-electron chi connectivity index (χ4n) is 3.36. The molecule has 2 aromatic heterocycles. The average Bonchev–Trinajstić information content (AvgIpc) is 2.59. The third-order valence-corrected chi connectivity index (χ3v) is 4.85. The summed E-state index contributed by atoms with van der Waals surface area (Å²) >= 11 is 0. The molecule has 7 nitrogen and oxygen atoms in total. The van der Waals surface area contributed by atoms with Crippen molar-refractivity contribution >= 4 is 22.8 Å². The minimum atomic E-state index is -1.35. The summed E-state index contributed by atoms with van der Waals surface area (Å²) in [5.41, 5.74) is 4.79. The number of fused-ring (bicyclic) bond motifs is 1. The number of pyridine rings is 2. The molecule has 0 bridgehead atoms. The standard InChI is InChI=1S/C17H21FN4O3/c1-22-8-12(17(24)25)14(23)11-6-13(18)15(21-16(11)22)20-10-4-2-9(7-19)3-5-10/h6,8-10H,2-5,7,19H2,1H3,(H,20,21)(H,24,25). The molecule has 4 N–H and O–H groups in total. The van der Waals surface area contributed by atoms with Crippen molar-refractivity contribution in [2.24, 2.45) is 18.7 Å². The van der Waals surface area contributed by atoms with Crippen molar-refractivity contribution < 1.29 is 14.3 Å². The number of carbonyl (C=O) groups is 1. The van der Waals surface area contributed by atoms with E-state index in [2.05, 4.69) is 10.3 Å². The summed E-state index contributed by atoms with van der Waals surface area (Å²) in [5, 5.41) is 12.1. The average molecular weight is 348 g/mol. The molecule has 0 atom stereocenters. The molecule has 0 aromatic carbocycles. The first-order chi connectivity index (χ1) is 11.9. The predicted octanol–water partition coefficient (Wildman–Crippen LogP) is 1.70. The number of anilines is 1. The van der Waals surface area contributed by atoms with Gasteiger partial charge in [0.2, 0.25) is 5.43 Å². The quantitative estimate of drug-likeness (QED) is 0.776. The molecule has 0 saturated heterocycles. The smallest absolute Gasteiger partial charge is 0.341 e. The number of aryl methyl sites for hydroxylation is 1. The highest BCUT2D eigenvalue weighted by atomic mass is 19.1. The molecule has 134 valence electrons. The van der Waals surface area contributed by atoms with Crippen molar-refractivity contribution in [2.45, 2.75) is 31.7 Å². The van der Waals surface area contributed by atoms with Crippen LogP contribution in [0.3, 0.4) is 0 Å². The molecule has 1 aliphatic carbocycles. The van der Waals surface area contributed by atoms with Gasteiger partial charge in [-0.15, -0.1) is 0 Å². The van der Waals surface area contributed by atoms with Crippen LogP contribution < -0.4 is 16.5 Å². The number of aromatic nitrogens is 2. The van der Waals surface area contributed by atoms with Gasteiger partial charge in [-0.05, 0) is 44.2 Å². The molecular formula is C17H21FN4O3. The maximum absolute atomic E-state index is 14.4. The van der Waals surface area contributed by atoms with E-state index in [4.69, 9.17) is 10.8 Å². The van der Waals surface area contributed by atoms with Crippen LogP contribution in [0, 0.1) is 11.7 Å². The van der Waals surface area contributed by atoms with Gasteiger partial charge in [-0.1, -0.05) is 0 Å². The van der Waals surface area contributed by atoms with E-state index in [9.17, 15) is 14.0 Å². The van der Waals surface area contributed by atoms with Gasteiger partial charge in [0, 0.05) is 19.3 Å². The van der Waals surface area contributed by atoms with Gasteiger partial charge in [-0.2, -0.15) is 0 Å². The first-order valence-electron chi connectivity index (χ1n) is 8.30. The molecule has 3 rings (SSSR count). The molecular weight excluding hydrogens is 327 g/mol. The molecule has 0 radical (unpaired) electrons. The van der Waals surface area contributed by atoms with Crippen molar-refractivity contribution in [3.8, 4) is 0 Å². The van der Waals surface area contributed by atoms with Crippen LogP contribution in [0.4, 0.5) is 10.2 Å². The SMILES string of the molecule is Cn1cc(C(=O)O)c(=O)c2cc(F)c(NC3CCC(CN)CC3)nc21. The number of nitrogens with zero attached hydrogens (tertiary/aromatic N) is 2. The second kappa shape index (κ2) is 6.79. The number of halogens is 1. The van der Waals surface area contributed by atoms with Crippen LogP contribution in [-0.4, -0.2) is 33.2 Å². The largest absolute Gasteiger partial charge is 0.477 e. The molecule has 25 heavy (non-hydrogen) atoms. The predicted molar refractivity (Wildman–Crippen MR) is 92.3 cm³/mol. The second-order valence-electron chi connectivity index (χ2n) is 6.58. The van der Waals surface area contributed by atoms with E-state index < -0.39 is 22.8 Å². The van der Waals surface area contributed by atoms with Crippen molar-refractivity contribution in [2.75, 3.05) is 11.9 Å². The number of nitrogens with two attached hydrogens (primary N) is 1. The zero-order valence-corrected chi connectivity index (χ0v) is 14.0. The summed E-state index contributed by atoms with van der Waals surface area (Å²) in [6.07, 6.45) is 4.96. The number of rotatable bonds is 4. The van der Waals surface area contributed by atoms with Gasteiger partial charge in [0.25, 0.3) is 0 Å². The maximum atomic E-state index is 14.4. The monoisotopic (exact) mass is 348 g/mol. The molecule has 1 fully saturated rings. The first-order valence-corrected chi connectivity index (χ1v) is 8.30. The van der Waals surface area contributed by atoms with Crippen LogP contribution >= 0.6 is 0 Å². The Balaban J connectivity index is 1.94. The Labute approximate surface area is 143 Å². The van der Waals surface area contributed by atoms with Crippen LogP contribution in [0.25, 0.3) is 11.0 Å². The summed E-state index contributed by atoms with van der Waals surface area (Å²) in [6.45, 7) is 0.670. The Hall–Kier alpha value is -2.48. The molecule has 2 aromatic rings. The van der Waals surface area contributed by atoms with E-state index in [0.717, 1.165) is 31.7 Å². The minimum absolute atomic E-state index is 0.0442. The lowest BCUT2D eigenvalue weighted by Gasteiger charge is -2.28. The van der Waals surface area contributed by atoms with Crippen LogP contribution in [0.15, 0.2) is 17.1 Å². The maximum Gasteiger partial charge on any atom is 0.341 e. The van der Waals surface area contributed by atoms with E-state index in [-0.39, 0.29) is 22.9 Å². The number of carboxylic acid groups (broad SMARTS) is 1. The second-order valence-corrected chi connectivity index (χ2v) is 6.58. The highest BCUT2D eigenvalue weighted by Crippen LogP contribution is 2.27. The van der Waals surface area contributed by atoms with E-state index >= 15 is 0 Å². The number of aromatic carboxylic acids is 1. The zero-order valence-electron chi connectivity index (χ0n) is 14.0. The van der Waals surface area contributed by atoms with Gasteiger partial charge < -0.3 is 20.7 Å². The van der Waals surface area contributed by atoms with Gasteiger partial charge >= 0.3 is 5.97 Å². The molecule has 1 aliphatic rings. The molecule has 0 aliphatic heterocycles. The molecule has 0 spiro atoms. The summed E-state index contributed by atoms with van der Waals surface area (Å²) in [6, 6.07) is 1.17. The molecule has 0 unspecified atom stereocenters. The fraction of sp³-hybridized carbons (Fsp3) is 0.471. The fourth-order valence-corrected chi connectivity index (χ4v) is 3.36. The summed E-state index contributed by atoms with van der Waals surface area (Å²) in [4.78, 5) is 27.6. The van der Waals surface area contributed by atoms with Crippen molar-refractivity contribution in [3.63, 3.8) is 0 Å². The minimum Gasteiger partial charge on any atom is -0.477 e. The van der Waals surface area contributed by atoms with Gasteiger partial charge in [0.15, 0.2) is 11.6 Å². The van der Waals surface area contributed by atoms with Crippen LogP contribution in [0.5, 0.6) is 0 Å². The van der Waals surface area contributed by atoms with Gasteiger partial charge in [0.05, 0.1) is 5.39 Å². The highest BCUT2D eigenvalue weighted by Gasteiger charge is 2.22. The summed E-state index contributed by atoms with van der Waals surface area (Å²) < 4.78 is 15.8. The van der Waals surface area contributed by atoms with E-state index in [1.165, 1.54) is 10.8 Å². The van der Waals surface area contributed by atoms with Gasteiger partial charge in [0.1, 0.15) is 11.2 Å². The third-order valence-electron chi connectivity index (χ3n) is 4.85. The zero-order chi connectivity index (χ0) is 18.1.